The Morgan fingerprint density at radius 3 is 1.76 bits per heavy atom. The normalized spacial score (nSPS) is 15.9. The molecule has 38 heavy (non-hydrogen) atoms. The van der Waals surface area contributed by atoms with E-state index < -0.39 is 0 Å². The standard InChI is InChI=1S/C33H67N3O2/c1-5-6-7-8-9-10-11-12-13-14-15-16-17-18-19-21-28-35(4)33(37)36-29-22-20-25-32(36)26-31-38-30-24-23-27-34(2)3/h32H,5-31H2,1-4H3. The summed E-state index contributed by atoms with van der Waals surface area (Å²) in [5.74, 6) is 0. The molecule has 1 saturated heterocycles. The van der Waals surface area contributed by atoms with Gasteiger partial charge in [0.1, 0.15) is 0 Å². The van der Waals surface area contributed by atoms with Gasteiger partial charge in [-0.3, -0.25) is 0 Å². The van der Waals surface area contributed by atoms with Crippen LogP contribution in [0.4, 0.5) is 4.79 Å². The molecule has 0 bridgehead atoms. The van der Waals surface area contributed by atoms with Crippen LogP contribution in [0.2, 0.25) is 0 Å². The summed E-state index contributed by atoms with van der Waals surface area (Å²) >= 11 is 0. The van der Waals surface area contributed by atoms with Crippen LogP contribution in [0.5, 0.6) is 0 Å². The van der Waals surface area contributed by atoms with Crippen LogP contribution in [0.1, 0.15) is 148 Å². The van der Waals surface area contributed by atoms with Crippen molar-refractivity contribution in [1.82, 2.24) is 14.7 Å². The van der Waals surface area contributed by atoms with Gasteiger partial charge in [-0.15, -0.1) is 0 Å². The maximum absolute atomic E-state index is 13.1. The smallest absolute Gasteiger partial charge is 0.319 e. The van der Waals surface area contributed by atoms with Gasteiger partial charge in [0.05, 0.1) is 0 Å². The highest BCUT2D eigenvalue weighted by molar-refractivity contribution is 5.74. The van der Waals surface area contributed by atoms with Crippen molar-refractivity contribution in [2.45, 2.75) is 154 Å². The van der Waals surface area contributed by atoms with Gasteiger partial charge in [0.2, 0.25) is 0 Å². The monoisotopic (exact) mass is 538 g/mol. The van der Waals surface area contributed by atoms with Gasteiger partial charge in [-0.25, -0.2) is 4.79 Å². The fourth-order valence-corrected chi connectivity index (χ4v) is 5.72. The minimum absolute atomic E-state index is 0.238. The topological polar surface area (TPSA) is 36.0 Å². The van der Waals surface area contributed by atoms with Gasteiger partial charge in [0.25, 0.3) is 0 Å². The van der Waals surface area contributed by atoms with Crippen LogP contribution >= 0.6 is 0 Å². The number of ether oxygens (including phenoxy) is 1. The lowest BCUT2D eigenvalue weighted by atomic mass is 10.00. The first-order valence-electron chi connectivity index (χ1n) is 16.8. The molecule has 0 radical (unpaired) electrons. The molecule has 226 valence electrons. The van der Waals surface area contributed by atoms with Crippen molar-refractivity contribution in [2.24, 2.45) is 0 Å². The van der Waals surface area contributed by atoms with Gasteiger partial charge in [0.15, 0.2) is 0 Å². The zero-order valence-electron chi connectivity index (χ0n) is 26.3. The second kappa shape index (κ2) is 25.2. The summed E-state index contributed by atoms with van der Waals surface area (Å²) in [6, 6.07) is 0.591. The average Bonchev–Trinajstić information content (AvgIpc) is 2.91. The number of carbonyl (C=O) groups is 1. The SMILES string of the molecule is CCCCCCCCCCCCCCCCCCN(C)C(=O)N1CCCCC1CCOCCCCN(C)C. The summed E-state index contributed by atoms with van der Waals surface area (Å²) in [6.07, 6.45) is 28.9. The minimum atomic E-state index is 0.238. The van der Waals surface area contributed by atoms with E-state index in [9.17, 15) is 4.79 Å². The zero-order chi connectivity index (χ0) is 27.7. The highest BCUT2D eigenvalue weighted by atomic mass is 16.5. The van der Waals surface area contributed by atoms with Crippen LogP contribution in [-0.4, -0.2) is 80.8 Å². The number of rotatable bonds is 25. The van der Waals surface area contributed by atoms with Crippen LogP contribution < -0.4 is 0 Å². The molecule has 0 aromatic heterocycles. The van der Waals surface area contributed by atoms with Crippen molar-refractivity contribution in [2.75, 3.05) is 54.0 Å². The molecular weight excluding hydrogens is 470 g/mol. The van der Waals surface area contributed by atoms with Gasteiger partial charge in [-0.2, -0.15) is 0 Å². The fraction of sp³-hybridized carbons (Fsp3) is 0.970. The Morgan fingerprint density at radius 1 is 0.684 bits per heavy atom. The lowest BCUT2D eigenvalue weighted by Crippen LogP contribution is -2.49. The van der Waals surface area contributed by atoms with Gasteiger partial charge < -0.3 is 19.4 Å². The summed E-state index contributed by atoms with van der Waals surface area (Å²) < 4.78 is 5.90. The second-order valence-electron chi connectivity index (χ2n) is 12.3. The van der Waals surface area contributed by atoms with Gasteiger partial charge in [0, 0.05) is 39.4 Å². The third-order valence-corrected chi connectivity index (χ3v) is 8.29. The lowest BCUT2D eigenvalue weighted by molar-refractivity contribution is 0.0799. The van der Waals surface area contributed by atoms with E-state index in [0.717, 1.165) is 65.0 Å². The Balaban J connectivity index is 2.01. The molecule has 1 aliphatic heterocycles. The summed E-state index contributed by atoms with van der Waals surface area (Å²) in [5, 5.41) is 0. The summed E-state index contributed by atoms with van der Waals surface area (Å²) in [6.45, 7) is 6.84. The molecule has 5 nitrogen and oxygen atoms in total. The fourth-order valence-electron chi connectivity index (χ4n) is 5.72. The van der Waals surface area contributed by atoms with Crippen LogP contribution in [-0.2, 0) is 4.74 Å². The number of carbonyl (C=O) groups excluding carboxylic acids is 1. The molecule has 1 atom stereocenters. The molecule has 1 rings (SSSR count). The molecule has 0 N–H and O–H groups in total. The summed E-state index contributed by atoms with van der Waals surface area (Å²) in [4.78, 5) is 19.5. The molecular formula is C33H67N3O2. The first-order valence-corrected chi connectivity index (χ1v) is 16.8. The highest BCUT2D eigenvalue weighted by Gasteiger charge is 2.28. The Hall–Kier alpha value is -0.810. The molecule has 0 spiro atoms. The van der Waals surface area contributed by atoms with E-state index in [0.29, 0.717) is 6.04 Å². The molecule has 5 heteroatoms. The quantitative estimate of drug-likeness (QED) is 0.109. The maximum Gasteiger partial charge on any atom is 0.319 e. The molecule has 1 heterocycles. The molecule has 1 fully saturated rings. The van der Waals surface area contributed by atoms with E-state index in [1.54, 1.807) is 0 Å². The van der Waals surface area contributed by atoms with Crippen LogP contribution in [0, 0.1) is 0 Å². The largest absolute Gasteiger partial charge is 0.381 e. The number of urea groups is 1. The van der Waals surface area contributed by atoms with Gasteiger partial charge >= 0.3 is 6.03 Å². The zero-order valence-corrected chi connectivity index (χ0v) is 26.3. The number of piperidine rings is 1. The van der Waals surface area contributed by atoms with Crippen molar-refractivity contribution in [3.8, 4) is 0 Å². The minimum Gasteiger partial charge on any atom is -0.381 e. The van der Waals surface area contributed by atoms with E-state index in [1.165, 1.54) is 109 Å². The highest BCUT2D eigenvalue weighted by Crippen LogP contribution is 2.21. The molecule has 1 unspecified atom stereocenters. The maximum atomic E-state index is 13.1. The van der Waals surface area contributed by atoms with Crippen molar-refractivity contribution >= 4 is 6.03 Å². The molecule has 0 aromatic rings. The average molecular weight is 538 g/mol. The van der Waals surface area contributed by atoms with Crippen LogP contribution in [0.3, 0.4) is 0 Å². The molecule has 0 aliphatic carbocycles. The van der Waals surface area contributed by atoms with Gasteiger partial charge in [-0.05, 0) is 65.6 Å². The molecule has 1 aliphatic rings. The summed E-state index contributed by atoms with van der Waals surface area (Å²) in [7, 11) is 6.24. The Bertz CT molecular complexity index is 528. The Labute approximate surface area is 238 Å². The van der Waals surface area contributed by atoms with Crippen molar-refractivity contribution in [3.05, 3.63) is 0 Å². The van der Waals surface area contributed by atoms with Crippen molar-refractivity contribution in [1.29, 1.82) is 0 Å². The number of amides is 2. The number of nitrogens with zero attached hydrogens (tertiary/aromatic N) is 3. The first-order chi connectivity index (χ1) is 18.6. The van der Waals surface area contributed by atoms with E-state index in [4.69, 9.17) is 4.74 Å². The van der Waals surface area contributed by atoms with Crippen LogP contribution in [0.15, 0.2) is 0 Å². The Kier molecular flexibility index (Phi) is 23.3. The predicted octanol–water partition coefficient (Wildman–Crippen LogP) is 8.90. The van der Waals surface area contributed by atoms with E-state index in [-0.39, 0.29) is 6.03 Å². The predicted molar refractivity (Wildman–Crippen MR) is 165 cm³/mol. The number of hydrogen-bond acceptors (Lipinski definition) is 3. The van der Waals surface area contributed by atoms with Crippen molar-refractivity contribution in [3.63, 3.8) is 0 Å². The second-order valence-corrected chi connectivity index (χ2v) is 12.3. The molecule has 0 aromatic carbocycles. The Morgan fingerprint density at radius 2 is 1.21 bits per heavy atom. The van der Waals surface area contributed by atoms with Gasteiger partial charge in [-0.1, -0.05) is 103 Å². The lowest BCUT2D eigenvalue weighted by Gasteiger charge is -2.38. The first kappa shape index (κ1) is 35.2. The van der Waals surface area contributed by atoms with Crippen molar-refractivity contribution < 1.29 is 9.53 Å². The van der Waals surface area contributed by atoms with E-state index in [1.807, 2.05) is 11.9 Å². The third-order valence-electron chi connectivity index (χ3n) is 8.29. The summed E-state index contributed by atoms with van der Waals surface area (Å²) in [5.41, 5.74) is 0. The third kappa shape index (κ3) is 19.3. The number of likely N-dealkylation sites (tertiary alicyclic amines) is 1. The molecule has 2 amide bonds. The number of hydrogen-bond donors (Lipinski definition) is 0. The molecule has 0 saturated carbocycles. The number of unbranched alkanes of at least 4 members (excludes halogenated alkanes) is 16. The van der Waals surface area contributed by atoms with Crippen LogP contribution in [0.25, 0.3) is 0 Å². The van der Waals surface area contributed by atoms with E-state index >= 15 is 0 Å². The van der Waals surface area contributed by atoms with E-state index in [2.05, 4.69) is 30.8 Å².